The molecule has 0 spiro atoms. The summed E-state index contributed by atoms with van der Waals surface area (Å²) in [5.74, 6) is -1.18. The maximum atomic E-state index is 12.9. The molecule has 0 saturated heterocycles. The predicted molar refractivity (Wildman–Crippen MR) is 97.2 cm³/mol. The number of methoxy groups -OCH3 is 1. The van der Waals surface area contributed by atoms with Crippen molar-refractivity contribution in [2.24, 2.45) is 0 Å². The second-order valence-corrected chi connectivity index (χ2v) is 7.84. The first kappa shape index (κ1) is 19.5. The monoisotopic (exact) mass is 383 g/mol. The SMILES string of the molecule is COC(=O)c1ccc(N[C@H](c2ccc(Cl)cc2)P(=O)(OC)OC)cc1. The van der Waals surface area contributed by atoms with E-state index in [4.69, 9.17) is 20.6 Å². The van der Waals surface area contributed by atoms with Crippen LogP contribution >= 0.6 is 19.2 Å². The first-order chi connectivity index (χ1) is 11.9. The normalized spacial score (nSPS) is 12.5. The summed E-state index contributed by atoms with van der Waals surface area (Å²) in [5, 5.41) is 3.70. The van der Waals surface area contributed by atoms with Crippen molar-refractivity contribution in [1.82, 2.24) is 0 Å². The Morgan fingerprint density at radius 3 is 2.04 bits per heavy atom. The lowest BCUT2D eigenvalue weighted by Gasteiger charge is -2.26. The third-order valence-electron chi connectivity index (χ3n) is 3.62. The van der Waals surface area contributed by atoms with Gasteiger partial charge in [0.25, 0.3) is 0 Å². The van der Waals surface area contributed by atoms with E-state index in [1.807, 2.05) is 0 Å². The van der Waals surface area contributed by atoms with Gasteiger partial charge in [-0.2, -0.15) is 0 Å². The molecule has 0 saturated carbocycles. The summed E-state index contributed by atoms with van der Waals surface area (Å²) >= 11 is 5.92. The van der Waals surface area contributed by atoms with Crippen LogP contribution in [0.1, 0.15) is 21.7 Å². The van der Waals surface area contributed by atoms with Crippen molar-refractivity contribution in [1.29, 1.82) is 0 Å². The zero-order valence-corrected chi connectivity index (χ0v) is 15.7. The Morgan fingerprint density at radius 1 is 1.00 bits per heavy atom. The van der Waals surface area contributed by atoms with Gasteiger partial charge >= 0.3 is 13.6 Å². The van der Waals surface area contributed by atoms with Crippen LogP contribution in [0.15, 0.2) is 48.5 Å². The van der Waals surface area contributed by atoms with E-state index in [0.29, 0.717) is 21.8 Å². The van der Waals surface area contributed by atoms with Gasteiger partial charge in [-0.15, -0.1) is 0 Å². The van der Waals surface area contributed by atoms with Crippen molar-refractivity contribution in [2.45, 2.75) is 5.78 Å². The summed E-state index contributed by atoms with van der Waals surface area (Å²) in [6.07, 6.45) is 0. The van der Waals surface area contributed by atoms with E-state index in [0.717, 1.165) is 0 Å². The standard InChI is InChI=1S/C17H19ClNO5P/c1-22-17(20)13-6-10-15(11-7-13)19-16(25(21,23-2)24-3)12-4-8-14(18)9-5-12/h4-11,16,19H,1-3H3/t16-/m0/s1. The molecule has 1 atom stereocenters. The second kappa shape index (κ2) is 8.50. The fourth-order valence-corrected chi connectivity index (χ4v) is 3.79. The fraction of sp³-hybridized carbons (Fsp3) is 0.235. The minimum Gasteiger partial charge on any atom is -0.465 e. The summed E-state index contributed by atoms with van der Waals surface area (Å²) in [5.41, 5.74) is 1.74. The molecule has 2 aromatic rings. The van der Waals surface area contributed by atoms with E-state index in [1.165, 1.54) is 21.3 Å². The molecule has 0 aliphatic heterocycles. The van der Waals surface area contributed by atoms with E-state index in [9.17, 15) is 9.36 Å². The van der Waals surface area contributed by atoms with Gasteiger partial charge in [-0.3, -0.25) is 4.57 Å². The van der Waals surface area contributed by atoms with Crippen LogP contribution in [-0.4, -0.2) is 27.3 Å². The largest absolute Gasteiger partial charge is 0.465 e. The number of carbonyl (C=O) groups excluding carboxylic acids is 1. The topological polar surface area (TPSA) is 73.9 Å². The fourth-order valence-electron chi connectivity index (χ4n) is 2.25. The average Bonchev–Trinajstić information content (AvgIpc) is 2.66. The van der Waals surface area contributed by atoms with E-state index in [2.05, 4.69) is 10.1 Å². The molecule has 134 valence electrons. The van der Waals surface area contributed by atoms with E-state index < -0.39 is 19.3 Å². The Bertz CT molecular complexity index is 756. The molecule has 2 aromatic carbocycles. The number of anilines is 1. The van der Waals surface area contributed by atoms with Crippen LogP contribution in [0.2, 0.25) is 5.02 Å². The number of carbonyl (C=O) groups is 1. The molecular weight excluding hydrogens is 365 g/mol. The summed E-state index contributed by atoms with van der Waals surface area (Å²) in [6.45, 7) is 0. The first-order valence-corrected chi connectivity index (χ1v) is 9.34. The third-order valence-corrected chi connectivity index (χ3v) is 5.95. The number of benzene rings is 2. The molecule has 0 amide bonds. The molecule has 1 N–H and O–H groups in total. The Hall–Kier alpha value is -1.85. The van der Waals surface area contributed by atoms with E-state index >= 15 is 0 Å². The number of hydrogen-bond donors (Lipinski definition) is 1. The average molecular weight is 384 g/mol. The van der Waals surface area contributed by atoms with Crippen LogP contribution in [0.3, 0.4) is 0 Å². The Morgan fingerprint density at radius 2 is 1.56 bits per heavy atom. The summed E-state index contributed by atoms with van der Waals surface area (Å²) in [7, 11) is 0.499. The van der Waals surface area contributed by atoms with Gasteiger partial charge in [0, 0.05) is 24.9 Å². The van der Waals surface area contributed by atoms with Crippen LogP contribution in [-0.2, 0) is 18.3 Å². The van der Waals surface area contributed by atoms with Crippen LogP contribution < -0.4 is 5.32 Å². The van der Waals surface area contributed by atoms with Gasteiger partial charge in [0.05, 0.1) is 12.7 Å². The molecule has 0 aliphatic rings. The van der Waals surface area contributed by atoms with Gasteiger partial charge in [0.15, 0.2) is 5.78 Å². The van der Waals surface area contributed by atoms with E-state index in [-0.39, 0.29) is 0 Å². The molecule has 2 rings (SSSR count). The maximum Gasteiger partial charge on any atom is 0.356 e. The highest BCUT2D eigenvalue weighted by Crippen LogP contribution is 2.59. The predicted octanol–water partition coefficient (Wildman–Crippen LogP) is 4.72. The van der Waals surface area contributed by atoms with Crippen LogP contribution in [0.5, 0.6) is 0 Å². The molecule has 8 heteroatoms. The van der Waals surface area contributed by atoms with Gasteiger partial charge in [-0.25, -0.2) is 4.79 Å². The summed E-state index contributed by atoms with van der Waals surface area (Å²) in [4.78, 5) is 11.5. The molecule has 0 heterocycles. The first-order valence-electron chi connectivity index (χ1n) is 7.35. The molecule has 0 aliphatic carbocycles. The van der Waals surface area contributed by atoms with Crippen molar-refractivity contribution in [2.75, 3.05) is 26.6 Å². The Labute approximate surface area is 151 Å². The number of nitrogens with one attached hydrogen (secondary N) is 1. The van der Waals surface area contributed by atoms with Crippen LogP contribution in [0.4, 0.5) is 5.69 Å². The number of rotatable bonds is 7. The highest BCUT2D eigenvalue weighted by atomic mass is 35.5. The number of hydrogen-bond acceptors (Lipinski definition) is 6. The zero-order valence-electron chi connectivity index (χ0n) is 14.1. The number of halogens is 1. The minimum atomic E-state index is -3.48. The minimum absolute atomic E-state index is 0.415. The van der Waals surface area contributed by atoms with E-state index in [1.54, 1.807) is 48.5 Å². The zero-order chi connectivity index (χ0) is 18.4. The highest BCUT2D eigenvalue weighted by molar-refractivity contribution is 7.54. The molecule has 0 unspecified atom stereocenters. The summed E-state index contributed by atoms with van der Waals surface area (Å²) in [6, 6.07) is 13.5. The molecule has 0 bridgehead atoms. The van der Waals surface area contributed by atoms with Crippen molar-refractivity contribution < 1.29 is 23.1 Å². The van der Waals surface area contributed by atoms with Gasteiger partial charge in [0.1, 0.15) is 0 Å². The third kappa shape index (κ3) is 4.61. The van der Waals surface area contributed by atoms with Crippen LogP contribution in [0.25, 0.3) is 0 Å². The van der Waals surface area contributed by atoms with Gasteiger partial charge in [-0.1, -0.05) is 23.7 Å². The van der Waals surface area contributed by atoms with Gasteiger partial charge < -0.3 is 19.1 Å². The van der Waals surface area contributed by atoms with Gasteiger partial charge in [-0.05, 0) is 42.0 Å². The molecule has 6 nitrogen and oxygen atoms in total. The lowest BCUT2D eigenvalue weighted by Crippen LogP contribution is -2.13. The molecular formula is C17H19ClNO5P. The Balaban J connectivity index is 2.34. The lowest BCUT2D eigenvalue weighted by atomic mass is 10.2. The molecule has 0 aromatic heterocycles. The number of esters is 1. The molecule has 0 fully saturated rings. The van der Waals surface area contributed by atoms with Crippen molar-refractivity contribution in [3.8, 4) is 0 Å². The maximum absolute atomic E-state index is 12.9. The molecule has 0 radical (unpaired) electrons. The second-order valence-electron chi connectivity index (χ2n) is 5.07. The van der Waals surface area contributed by atoms with Crippen molar-refractivity contribution in [3.63, 3.8) is 0 Å². The Kier molecular flexibility index (Phi) is 6.62. The highest BCUT2D eigenvalue weighted by Gasteiger charge is 2.35. The molecule has 25 heavy (non-hydrogen) atoms. The van der Waals surface area contributed by atoms with Crippen LogP contribution in [0, 0.1) is 0 Å². The van der Waals surface area contributed by atoms with Crippen molar-refractivity contribution >= 4 is 30.9 Å². The van der Waals surface area contributed by atoms with Crippen molar-refractivity contribution in [3.05, 3.63) is 64.7 Å². The lowest BCUT2D eigenvalue weighted by molar-refractivity contribution is 0.0600. The number of ether oxygens (including phenoxy) is 1. The summed E-state index contributed by atoms with van der Waals surface area (Å²) < 4.78 is 27.9. The van der Waals surface area contributed by atoms with Gasteiger partial charge in [0.2, 0.25) is 0 Å². The smallest absolute Gasteiger partial charge is 0.356 e. The quantitative estimate of drug-likeness (QED) is 0.550.